The van der Waals surface area contributed by atoms with Gasteiger partial charge in [0.2, 0.25) is 0 Å². The van der Waals surface area contributed by atoms with Crippen LogP contribution in [-0.2, 0) is 0 Å². The predicted molar refractivity (Wildman–Crippen MR) is 62.7 cm³/mol. The lowest BCUT2D eigenvalue weighted by Crippen LogP contribution is -2.39. The quantitative estimate of drug-likeness (QED) is 0.744. The summed E-state index contributed by atoms with van der Waals surface area (Å²) in [6.45, 7) is 3.35. The van der Waals surface area contributed by atoms with E-state index in [4.69, 9.17) is 5.73 Å². The molecule has 0 aromatic carbocycles. The number of hydrogen-bond donors (Lipinski definition) is 2. The van der Waals surface area contributed by atoms with Crippen molar-refractivity contribution in [2.24, 2.45) is 10.7 Å². The summed E-state index contributed by atoms with van der Waals surface area (Å²) < 4.78 is 0. The highest BCUT2D eigenvalue weighted by atomic mass is 32.2. The molecule has 1 aliphatic carbocycles. The lowest BCUT2D eigenvalue weighted by Gasteiger charge is -2.30. The van der Waals surface area contributed by atoms with Crippen molar-refractivity contribution in [3.8, 4) is 0 Å². The Balaban J connectivity index is 1.82. The van der Waals surface area contributed by atoms with E-state index < -0.39 is 0 Å². The van der Waals surface area contributed by atoms with Crippen LogP contribution in [0.5, 0.6) is 0 Å². The Morgan fingerprint density at radius 2 is 2.43 bits per heavy atom. The van der Waals surface area contributed by atoms with Gasteiger partial charge in [0.05, 0.1) is 6.04 Å². The van der Waals surface area contributed by atoms with Crippen LogP contribution in [0.2, 0.25) is 0 Å². The van der Waals surface area contributed by atoms with E-state index in [-0.39, 0.29) is 0 Å². The number of nitrogens with zero attached hydrogens (tertiary/aromatic N) is 1. The standard InChI is InChI=1S/C10H19N3S/c1-2-5-12-7-3-4-8-9(6-7)14-10(11)13-8/h7-9,12H,2-6H2,1H3,(H2,11,13). The van der Waals surface area contributed by atoms with E-state index >= 15 is 0 Å². The average molecular weight is 213 g/mol. The van der Waals surface area contributed by atoms with Gasteiger partial charge in [0, 0.05) is 11.3 Å². The smallest absolute Gasteiger partial charge is 0.154 e. The maximum absolute atomic E-state index is 5.73. The van der Waals surface area contributed by atoms with Crippen molar-refractivity contribution < 1.29 is 0 Å². The number of aliphatic imine (C=N–C) groups is 1. The zero-order valence-electron chi connectivity index (χ0n) is 8.70. The van der Waals surface area contributed by atoms with Gasteiger partial charge in [0.25, 0.3) is 0 Å². The van der Waals surface area contributed by atoms with Crippen LogP contribution in [0.1, 0.15) is 32.6 Å². The first kappa shape index (κ1) is 10.3. The lowest BCUT2D eigenvalue weighted by molar-refractivity contribution is 0.356. The van der Waals surface area contributed by atoms with Crippen molar-refractivity contribution in [3.63, 3.8) is 0 Å². The Kier molecular flexibility index (Phi) is 3.34. The molecule has 0 amide bonds. The topological polar surface area (TPSA) is 50.4 Å². The second-order valence-corrected chi connectivity index (χ2v) is 5.41. The van der Waals surface area contributed by atoms with Gasteiger partial charge in [0.15, 0.2) is 5.17 Å². The van der Waals surface area contributed by atoms with E-state index in [1.807, 2.05) is 0 Å². The molecule has 1 fully saturated rings. The van der Waals surface area contributed by atoms with Crippen LogP contribution in [0, 0.1) is 0 Å². The van der Waals surface area contributed by atoms with Gasteiger partial charge >= 0.3 is 0 Å². The summed E-state index contributed by atoms with van der Waals surface area (Å²) in [7, 11) is 0. The summed E-state index contributed by atoms with van der Waals surface area (Å²) in [5.41, 5.74) is 5.73. The first-order valence-electron chi connectivity index (χ1n) is 5.53. The zero-order valence-corrected chi connectivity index (χ0v) is 9.52. The number of thioether (sulfide) groups is 1. The molecule has 2 rings (SSSR count). The van der Waals surface area contributed by atoms with Crippen LogP contribution in [0.4, 0.5) is 0 Å². The highest BCUT2D eigenvalue weighted by Gasteiger charge is 2.34. The van der Waals surface area contributed by atoms with Gasteiger partial charge in [-0.1, -0.05) is 18.7 Å². The summed E-state index contributed by atoms with van der Waals surface area (Å²) >= 11 is 1.77. The minimum Gasteiger partial charge on any atom is -0.379 e. The fraction of sp³-hybridized carbons (Fsp3) is 0.900. The molecular weight excluding hydrogens is 194 g/mol. The Hall–Kier alpha value is -0.220. The fourth-order valence-corrected chi connectivity index (χ4v) is 3.46. The Labute approximate surface area is 89.9 Å². The maximum atomic E-state index is 5.73. The van der Waals surface area contributed by atoms with Crippen molar-refractivity contribution in [3.05, 3.63) is 0 Å². The highest BCUT2D eigenvalue weighted by Crippen LogP contribution is 2.35. The van der Waals surface area contributed by atoms with Gasteiger partial charge in [-0.05, 0) is 32.2 Å². The fourth-order valence-electron chi connectivity index (χ4n) is 2.27. The molecule has 1 saturated carbocycles. The summed E-state index contributed by atoms with van der Waals surface area (Å²) in [5.74, 6) is 0. The van der Waals surface area contributed by atoms with Crippen molar-refractivity contribution in [2.75, 3.05) is 6.54 Å². The van der Waals surface area contributed by atoms with Crippen LogP contribution in [-0.4, -0.2) is 29.0 Å². The summed E-state index contributed by atoms with van der Waals surface area (Å²) in [6, 6.07) is 1.21. The van der Waals surface area contributed by atoms with Gasteiger partial charge in [-0.3, -0.25) is 4.99 Å². The zero-order chi connectivity index (χ0) is 9.97. The molecule has 4 heteroatoms. The monoisotopic (exact) mass is 213 g/mol. The SMILES string of the molecule is CCCNC1CCC2N=C(N)SC2C1. The van der Waals surface area contributed by atoms with Gasteiger partial charge in [-0.2, -0.15) is 0 Å². The second kappa shape index (κ2) is 4.53. The molecule has 0 spiro atoms. The first-order valence-corrected chi connectivity index (χ1v) is 6.41. The van der Waals surface area contributed by atoms with E-state index in [0.717, 1.165) is 11.7 Å². The molecule has 1 heterocycles. The summed E-state index contributed by atoms with van der Waals surface area (Å²) in [4.78, 5) is 4.45. The minimum atomic E-state index is 0.514. The van der Waals surface area contributed by atoms with Gasteiger partial charge < -0.3 is 11.1 Å². The van der Waals surface area contributed by atoms with Crippen LogP contribution < -0.4 is 11.1 Å². The van der Waals surface area contributed by atoms with Gasteiger partial charge in [0.1, 0.15) is 0 Å². The molecule has 3 unspecified atom stereocenters. The normalized spacial score (nSPS) is 36.6. The number of hydrogen-bond acceptors (Lipinski definition) is 4. The average Bonchev–Trinajstić information content (AvgIpc) is 2.54. The molecular formula is C10H19N3S. The number of amidine groups is 1. The molecule has 1 aliphatic heterocycles. The maximum Gasteiger partial charge on any atom is 0.154 e. The number of rotatable bonds is 3. The molecule has 0 bridgehead atoms. The van der Waals surface area contributed by atoms with E-state index in [1.54, 1.807) is 11.8 Å². The van der Waals surface area contributed by atoms with Gasteiger partial charge in [-0.15, -0.1) is 0 Å². The van der Waals surface area contributed by atoms with E-state index in [1.165, 1.54) is 25.7 Å². The molecule has 3 nitrogen and oxygen atoms in total. The molecule has 0 aromatic heterocycles. The van der Waals surface area contributed by atoms with Crippen LogP contribution in [0.25, 0.3) is 0 Å². The van der Waals surface area contributed by atoms with Crippen molar-refractivity contribution >= 4 is 16.9 Å². The van der Waals surface area contributed by atoms with Crippen molar-refractivity contribution in [1.29, 1.82) is 0 Å². The van der Waals surface area contributed by atoms with Crippen molar-refractivity contribution in [2.45, 2.75) is 49.9 Å². The van der Waals surface area contributed by atoms with E-state index in [0.29, 0.717) is 17.3 Å². The molecule has 0 aromatic rings. The molecule has 0 radical (unpaired) electrons. The molecule has 14 heavy (non-hydrogen) atoms. The van der Waals surface area contributed by atoms with E-state index in [9.17, 15) is 0 Å². The largest absolute Gasteiger partial charge is 0.379 e. The Bertz CT molecular complexity index is 229. The number of nitrogens with two attached hydrogens (primary N) is 1. The van der Waals surface area contributed by atoms with Crippen LogP contribution >= 0.6 is 11.8 Å². The third kappa shape index (κ3) is 2.23. The van der Waals surface area contributed by atoms with E-state index in [2.05, 4.69) is 17.2 Å². The third-order valence-corrected chi connectivity index (χ3v) is 4.16. The number of fused-ring (bicyclic) bond motifs is 1. The molecule has 80 valence electrons. The second-order valence-electron chi connectivity index (χ2n) is 4.16. The highest BCUT2D eigenvalue weighted by molar-refractivity contribution is 8.14. The molecule has 3 atom stereocenters. The lowest BCUT2D eigenvalue weighted by atomic mass is 9.91. The molecule has 3 N–H and O–H groups in total. The Morgan fingerprint density at radius 3 is 3.21 bits per heavy atom. The first-order chi connectivity index (χ1) is 6.79. The summed E-state index contributed by atoms with van der Waals surface area (Å²) in [5, 5.41) is 5.05. The summed E-state index contributed by atoms with van der Waals surface area (Å²) in [6.07, 6.45) is 4.92. The van der Waals surface area contributed by atoms with Crippen LogP contribution in [0.15, 0.2) is 4.99 Å². The minimum absolute atomic E-state index is 0.514. The number of nitrogens with one attached hydrogen (secondary N) is 1. The molecule has 2 aliphatic rings. The molecule has 0 saturated heterocycles. The van der Waals surface area contributed by atoms with Crippen molar-refractivity contribution in [1.82, 2.24) is 5.32 Å². The predicted octanol–water partition coefficient (Wildman–Crippen LogP) is 1.34. The third-order valence-electron chi connectivity index (χ3n) is 3.01. The van der Waals surface area contributed by atoms with Crippen LogP contribution in [0.3, 0.4) is 0 Å². The van der Waals surface area contributed by atoms with Gasteiger partial charge in [-0.25, -0.2) is 0 Å². The Morgan fingerprint density at radius 1 is 1.57 bits per heavy atom.